The summed E-state index contributed by atoms with van der Waals surface area (Å²) in [6.07, 6.45) is 4.61. The van der Waals surface area contributed by atoms with Gasteiger partial charge < -0.3 is 4.90 Å². The zero-order valence-electron chi connectivity index (χ0n) is 9.50. The summed E-state index contributed by atoms with van der Waals surface area (Å²) < 4.78 is 2.07. The molecule has 1 unspecified atom stereocenters. The van der Waals surface area contributed by atoms with Gasteiger partial charge in [0.15, 0.2) is 5.65 Å². The van der Waals surface area contributed by atoms with Crippen molar-refractivity contribution in [2.24, 2.45) is 5.92 Å². The van der Waals surface area contributed by atoms with E-state index in [0.717, 1.165) is 30.6 Å². The molecule has 4 nitrogen and oxygen atoms in total. The summed E-state index contributed by atoms with van der Waals surface area (Å²) in [7, 11) is 0. The van der Waals surface area contributed by atoms with Crippen LogP contribution in [0.15, 0.2) is 24.4 Å². The molecular formula is C12H16N4. The van der Waals surface area contributed by atoms with Gasteiger partial charge in [0.2, 0.25) is 5.95 Å². The second-order valence-electron chi connectivity index (χ2n) is 4.62. The van der Waals surface area contributed by atoms with Crippen LogP contribution in [-0.4, -0.2) is 27.7 Å². The molecule has 0 saturated carbocycles. The zero-order chi connectivity index (χ0) is 11.0. The van der Waals surface area contributed by atoms with Gasteiger partial charge in [-0.1, -0.05) is 13.0 Å². The molecule has 3 heterocycles. The van der Waals surface area contributed by atoms with Crippen molar-refractivity contribution in [2.75, 3.05) is 18.0 Å². The van der Waals surface area contributed by atoms with E-state index in [4.69, 9.17) is 0 Å². The summed E-state index contributed by atoms with van der Waals surface area (Å²) in [6, 6.07) is 6.00. The maximum Gasteiger partial charge on any atom is 0.231 e. The van der Waals surface area contributed by atoms with Crippen LogP contribution < -0.4 is 4.90 Å². The van der Waals surface area contributed by atoms with Crippen molar-refractivity contribution in [2.45, 2.75) is 19.8 Å². The average molecular weight is 216 g/mol. The monoisotopic (exact) mass is 216 g/mol. The highest BCUT2D eigenvalue weighted by atomic mass is 15.4. The number of pyridine rings is 1. The Morgan fingerprint density at radius 3 is 3.12 bits per heavy atom. The molecule has 1 aliphatic heterocycles. The molecule has 0 aromatic carbocycles. The third-order valence-electron chi connectivity index (χ3n) is 3.24. The Morgan fingerprint density at radius 1 is 1.31 bits per heavy atom. The number of anilines is 1. The number of hydrogen-bond acceptors (Lipinski definition) is 3. The molecule has 4 heteroatoms. The predicted octanol–water partition coefficient (Wildman–Crippen LogP) is 1.97. The van der Waals surface area contributed by atoms with Crippen LogP contribution in [0.4, 0.5) is 5.95 Å². The fourth-order valence-electron chi connectivity index (χ4n) is 2.42. The second-order valence-corrected chi connectivity index (χ2v) is 4.62. The smallest absolute Gasteiger partial charge is 0.231 e. The van der Waals surface area contributed by atoms with Crippen molar-refractivity contribution in [3.8, 4) is 0 Å². The summed E-state index contributed by atoms with van der Waals surface area (Å²) in [4.78, 5) is 2.34. The van der Waals surface area contributed by atoms with Gasteiger partial charge in [0.05, 0.1) is 0 Å². The van der Waals surface area contributed by atoms with Gasteiger partial charge in [-0.3, -0.25) is 4.40 Å². The maximum absolute atomic E-state index is 4.29. The van der Waals surface area contributed by atoms with E-state index in [-0.39, 0.29) is 0 Å². The fourth-order valence-corrected chi connectivity index (χ4v) is 2.42. The Labute approximate surface area is 94.9 Å². The molecule has 1 fully saturated rings. The second kappa shape index (κ2) is 3.77. The van der Waals surface area contributed by atoms with Crippen molar-refractivity contribution in [3.63, 3.8) is 0 Å². The van der Waals surface area contributed by atoms with E-state index < -0.39 is 0 Å². The van der Waals surface area contributed by atoms with E-state index in [2.05, 4.69) is 26.4 Å². The number of rotatable bonds is 1. The van der Waals surface area contributed by atoms with Crippen molar-refractivity contribution >= 4 is 11.6 Å². The standard InChI is InChI=1S/C12H16N4/c1-10-5-4-7-15(9-10)12-14-13-11-6-2-3-8-16(11)12/h2-3,6,8,10H,4-5,7,9H2,1H3. The van der Waals surface area contributed by atoms with Gasteiger partial charge in [-0.05, 0) is 30.9 Å². The summed E-state index contributed by atoms with van der Waals surface area (Å²) >= 11 is 0. The molecule has 1 saturated heterocycles. The number of nitrogens with zero attached hydrogens (tertiary/aromatic N) is 4. The normalized spacial score (nSPS) is 21.6. The topological polar surface area (TPSA) is 33.4 Å². The molecule has 2 aromatic rings. The molecule has 0 radical (unpaired) electrons. The number of piperidine rings is 1. The molecule has 0 spiro atoms. The first-order valence-corrected chi connectivity index (χ1v) is 5.89. The van der Waals surface area contributed by atoms with E-state index in [1.165, 1.54) is 12.8 Å². The Morgan fingerprint density at radius 2 is 2.25 bits per heavy atom. The molecule has 1 atom stereocenters. The summed E-state index contributed by atoms with van der Waals surface area (Å²) in [5.74, 6) is 1.74. The fraction of sp³-hybridized carbons (Fsp3) is 0.500. The zero-order valence-corrected chi connectivity index (χ0v) is 9.50. The maximum atomic E-state index is 4.29. The van der Waals surface area contributed by atoms with Crippen molar-refractivity contribution in [1.82, 2.24) is 14.6 Å². The van der Waals surface area contributed by atoms with Gasteiger partial charge in [-0.2, -0.15) is 0 Å². The van der Waals surface area contributed by atoms with Gasteiger partial charge >= 0.3 is 0 Å². The molecule has 0 N–H and O–H groups in total. The van der Waals surface area contributed by atoms with Crippen LogP contribution in [0.3, 0.4) is 0 Å². The lowest BCUT2D eigenvalue weighted by atomic mass is 10.0. The van der Waals surface area contributed by atoms with Gasteiger partial charge in [0, 0.05) is 19.3 Å². The first-order chi connectivity index (χ1) is 7.84. The Hall–Kier alpha value is -1.58. The average Bonchev–Trinajstić information content (AvgIpc) is 2.72. The molecule has 0 bridgehead atoms. The van der Waals surface area contributed by atoms with Gasteiger partial charge in [-0.15, -0.1) is 10.2 Å². The van der Waals surface area contributed by atoms with E-state index in [1.807, 2.05) is 24.4 Å². The van der Waals surface area contributed by atoms with Crippen LogP contribution in [0.5, 0.6) is 0 Å². The molecule has 0 amide bonds. The molecule has 2 aromatic heterocycles. The number of aromatic nitrogens is 3. The van der Waals surface area contributed by atoms with Crippen LogP contribution in [-0.2, 0) is 0 Å². The highest BCUT2D eigenvalue weighted by Gasteiger charge is 2.20. The Bertz CT molecular complexity index is 490. The van der Waals surface area contributed by atoms with Gasteiger partial charge in [0.25, 0.3) is 0 Å². The van der Waals surface area contributed by atoms with E-state index >= 15 is 0 Å². The molecule has 3 rings (SSSR count). The lowest BCUT2D eigenvalue weighted by Gasteiger charge is -2.30. The third kappa shape index (κ3) is 1.54. The van der Waals surface area contributed by atoms with Crippen molar-refractivity contribution < 1.29 is 0 Å². The minimum Gasteiger partial charge on any atom is -0.340 e. The van der Waals surface area contributed by atoms with Crippen LogP contribution in [0.1, 0.15) is 19.8 Å². The minimum atomic E-state index is 0.754. The number of fused-ring (bicyclic) bond motifs is 1. The molecule has 84 valence electrons. The first-order valence-electron chi connectivity index (χ1n) is 5.89. The van der Waals surface area contributed by atoms with E-state index in [9.17, 15) is 0 Å². The lowest BCUT2D eigenvalue weighted by molar-refractivity contribution is 0.441. The van der Waals surface area contributed by atoms with Crippen LogP contribution in [0.25, 0.3) is 5.65 Å². The Balaban J connectivity index is 1.99. The SMILES string of the molecule is CC1CCCN(c2nnc3ccccn23)C1. The summed E-state index contributed by atoms with van der Waals surface area (Å²) in [5.41, 5.74) is 0.927. The molecule has 0 aliphatic carbocycles. The minimum absolute atomic E-state index is 0.754. The van der Waals surface area contributed by atoms with E-state index in [0.29, 0.717) is 0 Å². The highest BCUT2D eigenvalue weighted by Crippen LogP contribution is 2.21. The first kappa shape index (κ1) is 9.63. The lowest BCUT2D eigenvalue weighted by Crippen LogP contribution is -2.35. The summed E-state index contributed by atoms with van der Waals surface area (Å²) in [6.45, 7) is 4.49. The quantitative estimate of drug-likeness (QED) is 0.730. The van der Waals surface area contributed by atoms with Crippen LogP contribution in [0.2, 0.25) is 0 Å². The van der Waals surface area contributed by atoms with Gasteiger partial charge in [0.1, 0.15) is 0 Å². The Kier molecular flexibility index (Phi) is 2.27. The highest BCUT2D eigenvalue weighted by molar-refractivity contribution is 5.46. The van der Waals surface area contributed by atoms with Crippen molar-refractivity contribution in [3.05, 3.63) is 24.4 Å². The van der Waals surface area contributed by atoms with Gasteiger partial charge in [-0.25, -0.2) is 0 Å². The largest absolute Gasteiger partial charge is 0.340 e. The van der Waals surface area contributed by atoms with E-state index in [1.54, 1.807) is 0 Å². The molecule has 16 heavy (non-hydrogen) atoms. The summed E-state index contributed by atoms with van der Waals surface area (Å²) in [5, 5.41) is 8.48. The molecular weight excluding hydrogens is 200 g/mol. The van der Waals surface area contributed by atoms with Crippen molar-refractivity contribution in [1.29, 1.82) is 0 Å². The predicted molar refractivity (Wildman–Crippen MR) is 63.6 cm³/mol. The molecule has 1 aliphatic rings. The van der Waals surface area contributed by atoms with Crippen LogP contribution >= 0.6 is 0 Å². The van der Waals surface area contributed by atoms with Crippen LogP contribution in [0, 0.1) is 5.92 Å². The number of hydrogen-bond donors (Lipinski definition) is 0. The third-order valence-corrected chi connectivity index (χ3v) is 3.24.